The van der Waals surface area contributed by atoms with Gasteiger partial charge in [-0.25, -0.2) is 4.98 Å². The van der Waals surface area contributed by atoms with Crippen molar-refractivity contribution in [1.82, 2.24) is 9.97 Å². The van der Waals surface area contributed by atoms with E-state index in [0.29, 0.717) is 30.7 Å². The Labute approximate surface area is 118 Å². The molecule has 0 atom stereocenters. The summed E-state index contributed by atoms with van der Waals surface area (Å²) in [7, 11) is 0. The molecular weight excluding hydrogens is 254 g/mol. The molecule has 0 saturated heterocycles. The number of ether oxygens (including phenoxy) is 2. The molecule has 2 aromatic rings. The Balaban J connectivity index is 1.89. The maximum atomic E-state index is 5.83. The van der Waals surface area contributed by atoms with Gasteiger partial charge in [0.25, 0.3) is 0 Å². The molecule has 0 amide bonds. The Bertz CT molecular complexity index is 559. The molecule has 1 aromatic heterocycles. The molecule has 0 aliphatic carbocycles. The molecule has 0 bridgehead atoms. The zero-order chi connectivity index (χ0) is 14.4. The summed E-state index contributed by atoms with van der Waals surface area (Å²) in [6.45, 7) is 4.69. The molecular formula is C15H19N3O2. The second-order valence-electron chi connectivity index (χ2n) is 4.32. The van der Waals surface area contributed by atoms with Crippen molar-refractivity contribution >= 4 is 5.82 Å². The van der Waals surface area contributed by atoms with Crippen LogP contribution in [0.1, 0.15) is 18.3 Å². The number of anilines is 1. The quantitative estimate of drug-likeness (QED) is 0.818. The molecule has 0 spiro atoms. The Morgan fingerprint density at radius 3 is 2.45 bits per heavy atom. The molecule has 0 radical (unpaired) electrons. The number of nitrogens with zero attached hydrogens (tertiary/aromatic N) is 2. The maximum Gasteiger partial charge on any atom is 0.221 e. The number of nitrogen functional groups attached to an aromatic ring is 1. The van der Waals surface area contributed by atoms with Crippen LogP contribution in [0.15, 0.2) is 30.3 Å². The third-order valence-electron chi connectivity index (χ3n) is 2.84. The van der Waals surface area contributed by atoms with E-state index in [-0.39, 0.29) is 0 Å². The standard InChI is InChI=1S/C15H19N3O2/c1-3-13-17-14(16)11(2)15(18-13)20-10-9-19-12-7-5-4-6-8-12/h4-8H,3,9-10H2,1-2H3,(H2,16,17,18). The number of hydrogen-bond donors (Lipinski definition) is 1. The highest BCUT2D eigenvalue weighted by atomic mass is 16.5. The van der Waals surface area contributed by atoms with Gasteiger partial charge < -0.3 is 15.2 Å². The average molecular weight is 273 g/mol. The lowest BCUT2D eigenvalue weighted by molar-refractivity contribution is 0.210. The minimum atomic E-state index is 0.412. The van der Waals surface area contributed by atoms with Crippen molar-refractivity contribution in [2.24, 2.45) is 0 Å². The van der Waals surface area contributed by atoms with Crippen LogP contribution >= 0.6 is 0 Å². The monoisotopic (exact) mass is 273 g/mol. The Kier molecular flexibility index (Phi) is 4.76. The third-order valence-corrected chi connectivity index (χ3v) is 2.84. The molecule has 5 heteroatoms. The van der Waals surface area contributed by atoms with Gasteiger partial charge in [-0.3, -0.25) is 0 Å². The van der Waals surface area contributed by atoms with Gasteiger partial charge in [-0.05, 0) is 19.1 Å². The van der Waals surface area contributed by atoms with E-state index in [9.17, 15) is 0 Å². The Morgan fingerprint density at radius 2 is 1.75 bits per heavy atom. The van der Waals surface area contributed by atoms with Gasteiger partial charge in [0.15, 0.2) is 0 Å². The molecule has 2 rings (SSSR count). The molecule has 0 aliphatic heterocycles. The summed E-state index contributed by atoms with van der Waals surface area (Å²) in [5.41, 5.74) is 6.60. The summed E-state index contributed by atoms with van der Waals surface area (Å²) in [5.74, 6) is 2.51. The maximum absolute atomic E-state index is 5.83. The molecule has 1 aromatic carbocycles. The fourth-order valence-electron chi connectivity index (χ4n) is 1.67. The highest BCUT2D eigenvalue weighted by molar-refractivity contribution is 5.44. The van der Waals surface area contributed by atoms with E-state index in [2.05, 4.69) is 9.97 Å². The summed E-state index contributed by atoms with van der Waals surface area (Å²) in [6.07, 6.45) is 0.724. The van der Waals surface area contributed by atoms with Crippen LogP contribution in [0.4, 0.5) is 5.82 Å². The van der Waals surface area contributed by atoms with Gasteiger partial charge in [0.1, 0.15) is 30.6 Å². The van der Waals surface area contributed by atoms with Crippen molar-refractivity contribution in [1.29, 1.82) is 0 Å². The summed E-state index contributed by atoms with van der Waals surface area (Å²) < 4.78 is 11.2. The molecule has 2 N–H and O–H groups in total. The van der Waals surface area contributed by atoms with Gasteiger partial charge in [0, 0.05) is 6.42 Å². The fourth-order valence-corrected chi connectivity index (χ4v) is 1.67. The zero-order valence-corrected chi connectivity index (χ0v) is 11.8. The van der Waals surface area contributed by atoms with E-state index in [4.69, 9.17) is 15.2 Å². The van der Waals surface area contributed by atoms with Crippen LogP contribution in [0.25, 0.3) is 0 Å². The predicted molar refractivity (Wildman–Crippen MR) is 78.0 cm³/mol. The normalized spacial score (nSPS) is 10.3. The van der Waals surface area contributed by atoms with E-state index < -0.39 is 0 Å². The molecule has 1 heterocycles. The van der Waals surface area contributed by atoms with Crippen LogP contribution < -0.4 is 15.2 Å². The van der Waals surface area contributed by atoms with Gasteiger partial charge in [0.05, 0.1) is 5.56 Å². The second-order valence-corrected chi connectivity index (χ2v) is 4.32. The minimum Gasteiger partial charge on any atom is -0.490 e. The first kappa shape index (κ1) is 14.1. The van der Waals surface area contributed by atoms with Crippen molar-refractivity contribution in [3.8, 4) is 11.6 Å². The lowest BCUT2D eigenvalue weighted by Gasteiger charge is -2.11. The van der Waals surface area contributed by atoms with Crippen LogP contribution in [0.3, 0.4) is 0 Å². The summed E-state index contributed by atoms with van der Waals surface area (Å²) in [5, 5.41) is 0. The lowest BCUT2D eigenvalue weighted by atomic mass is 10.3. The van der Waals surface area contributed by atoms with Crippen molar-refractivity contribution in [3.05, 3.63) is 41.7 Å². The van der Waals surface area contributed by atoms with Gasteiger partial charge in [-0.15, -0.1) is 0 Å². The lowest BCUT2D eigenvalue weighted by Crippen LogP contribution is -2.12. The SMILES string of the molecule is CCc1nc(N)c(C)c(OCCOc2ccccc2)n1. The van der Waals surface area contributed by atoms with Crippen LogP contribution in [0, 0.1) is 6.92 Å². The van der Waals surface area contributed by atoms with Gasteiger partial charge >= 0.3 is 0 Å². The van der Waals surface area contributed by atoms with Crippen LogP contribution in [0.2, 0.25) is 0 Å². The number of hydrogen-bond acceptors (Lipinski definition) is 5. The number of aryl methyl sites for hydroxylation is 1. The predicted octanol–water partition coefficient (Wildman–Crippen LogP) is 2.39. The first-order valence-electron chi connectivity index (χ1n) is 6.64. The minimum absolute atomic E-state index is 0.412. The molecule has 0 unspecified atom stereocenters. The van der Waals surface area contributed by atoms with Crippen molar-refractivity contribution < 1.29 is 9.47 Å². The molecule has 5 nitrogen and oxygen atoms in total. The van der Waals surface area contributed by atoms with Crippen molar-refractivity contribution in [2.45, 2.75) is 20.3 Å². The van der Waals surface area contributed by atoms with Crippen molar-refractivity contribution in [3.63, 3.8) is 0 Å². The van der Waals surface area contributed by atoms with Gasteiger partial charge in [-0.2, -0.15) is 4.98 Å². The van der Waals surface area contributed by atoms with Crippen molar-refractivity contribution in [2.75, 3.05) is 18.9 Å². The third kappa shape index (κ3) is 3.60. The highest BCUT2D eigenvalue weighted by Crippen LogP contribution is 2.19. The van der Waals surface area contributed by atoms with Crippen LogP contribution in [-0.2, 0) is 6.42 Å². The highest BCUT2D eigenvalue weighted by Gasteiger charge is 2.08. The van der Waals surface area contributed by atoms with Crippen LogP contribution in [0.5, 0.6) is 11.6 Å². The van der Waals surface area contributed by atoms with E-state index in [1.54, 1.807) is 0 Å². The molecule has 0 aliphatic rings. The molecule has 0 fully saturated rings. The van der Waals surface area contributed by atoms with Gasteiger partial charge in [0.2, 0.25) is 5.88 Å². The summed E-state index contributed by atoms with van der Waals surface area (Å²) in [4.78, 5) is 8.51. The van der Waals surface area contributed by atoms with E-state index in [0.717, 1.165) is 17.7 Å². The molecule has 0 saturated carbocycles. The number of para-hydroxylation sites is 1. The van der Waals surface area contributed by atoms with Gasteiger partial charge in [-0.1, -0.05) is 25.1 Å². The average Bonchev–Trinajstić information content (AvgIpc) is 2.48. The van der Waals surface area contributed by atoms with E-state index in [1.807, 2.05) is 44.2 Å². The number of benzene rings is 1. The number of nitrogens with two attached hydrogens (primary N) is 1. The largest absolute Gasteiger partial charge is 0.490 e. The van der Waals surface area contributed by atoms with E-state index >= 15 is 0 Å². The number of aromatic nitrogens is 2. The second kappa shape index (κ2) is 6.75. The Hall–Kier alpha value is -2.30. The molecule has 106 valence electrons. The van der Waals surface area contributed by atoms with Crippen LogP contribution in [-0.4, -0.2) is 23.2 Å². The number of rotatable bonds is 6. The summed E-state index contributed by atoms with van der Waals surface area (Å²) in [6, 6.07) is 9.62. The van der Waals surface area contributed by atoms with E-state index in [1.165, 1.54) is 0 Å². The summed E-state index contributed by atoms with van der Waals surface area (Å²) >= 11 is 0. The topological polar surface area (TPSA) is 70.3 Å². The first-order chi connectivity index (χ1) is 9.70. The smallest absolute Gasteiger partial charge is 0.221 e. The fraction of sp³-hybridized carbons (Fsp3) is 0.333. The first-order valence-corrected chi connectivity index (χ1v) is 6.64. The zero-order valence-electron chi connectivity index (χ0n) is 11.8. The molecule has 20 heavy (non-hydrogen) atoms. The Morgan fingerprint density at radius 1 is 1.05 bits per heavy atom.